The van der Waals surface area contributed by atoms with E-state index in [1.165, 1.54) is 12.4 Å². The molecule has 0 aliphatic carbocycles. The monoisotopic (exact) mass is 334 g/mol. The van der Waals surface area contributed by atoms with Crippen molar-refractivity contribution in [1.82, 2.24) is 15.3 Å². The van der Waals surface area contributed by atoms with Crippen LogP contribution >= 0.6 is 15.9 Å². The maximum absolute atomic E-state index is 12.1. The number of rotatable bonds is 4. The Bertz CT molecular complexity index is 600. The van der Waals surface area contributed by atoms with Crippen molar-refractivity contribution < 1.29 is 4.79 Å². The van der Waals surface area contributed by atoms with Crippen molar-refractivity contribution in [1.29, 1.82) is 0 Å². The quantitative estimate of drug-likeness (QED) is 0.902. The number of hydrogen-bond donors (Lipinski definition) is 2. The van der Waals surface area contributed by atoms with Crippen molar-refractivity contribution in [3.8, 4) is 0 Å². The third-order valence-corrected chi connectivity index (χ3v) is 3.33. The lowest BCUT2D eigenvalue weighted by atomic mass is 10.1. The first-order valence-corrected chi connectivity index (χ1v) is 6.95. The number of halogens is 1. The van der Waals surface area contributed by atoms with E-state index in [1.54, 1.807) is 7.05 Å². The topological polar surface area (TPSA) is 66.9 Å². The molecule has 0 fully saturated rings. The average molecular weight is 335 g/mol. The standard InChI is InChI=1S/C14H15BrN4O/c1-9(10-4-3-5-11(15)6-10)19-14(20)12-7-18-13(16-2)8-17-12/h3-9H,1-2H3,(H,16,18)(H,19,20). The summed E-state index contributed by atoms with van der Waals surface area (Å²) in [6.45, 7) is 1.93. The first kappa shape index (κ1) is 14.5. The molecule has 0 aliphatic rings. The van der Waals surface area contributed by atoms with E-state index >= 15 is 0 Å². The van der Waals surface area contributed by atoms with Crippen molar-refractivity contribution in [3.05, 3.63) is 52.4 Å². The number of benzene rings is 1. The summed E-state index contributed by atoms with van der Waals surface area (Å²) in [7, 11) is 1.75. The maximum Gasteiger partial charge on any atom is 0.271 e. The largest absolute Gasteiger partial charge is 0.372 e. The molecule has 2 rings (SSSR count). The molecule has 1 amide bonds. The third-order valence-electron chi connectivity index (χ3n) is 2.84. The highest BCUT2D eigenvalue weighted by molar-refractivity contribution is 9.10. The summed E-state index contributed by atoms with van der Waals surface area (Å²) < 4.78 is 0.981. The predicted molar refractivity (Wildman–Crippen MR) is 81.6 cm³/mol. The zero-order valence-electron chi connectivity index (χ0n) is 11.2. The van der Waals surface area contributed by atoms with Crippen molar-refractivity contribution in [3.63, 3.8) is 0 Å². The highest BCUT2D eigenvalue weighted by Gasteiger charge is 2.13. The molecule has 2 N–H and O–H groups in total. The minimum Gasteiger partial charge on any atom is -0.372 e. The number of aromatic nitrogens is 2. The van der Waals surface area contributed by atoms with Crippen LogP contribution in [0.5, 0.6) is 0 Å². The summed E-state index contributed by atoms with van der Waals surface area (Å²) in [5.74, 6) is 0.384. The summed E-state index contributed by atoms with van der Waals surface area (Å²) in [5.41, 5.74) is 1.32. The van der Waals surface area contributed by atoms with Crippen LogP contribution in [0.3, 0.4) is 0 Å². The number of carbonyl (C=O) groups is 1. The number of nitrogens with zero attached hydrogens (tertiary/aromatic N) is 2. The summed E-state index contributed by atoms with van der Waals surface area (Å²) in [6.07, 6.45) is 2.98. The Hall–Kier alpha value is -1.95. The molecule has 6 heteroatoms. The van der Waals surface area contributed by atoms with E-state index in [-0.39, 0.29) is 11.9 Å². The molecule has 5 nitrogen and oxygen atoms in total. The first-order chi connectivity index (χ1) is 9.60. The first-order valence-electron chi connectivity index (χ1n) is 6.16. The summed E-state index contributed by atoms with van der Waals surface area (Å²) in [4.78, 5) is 20.2. The summed E-state index contributed by atoms with van der Waals surface area (Å²) in [5, 5.41) is 5.75. The van der Waals surface area contributed by atoms with Crippen molar-refractivity contribution in [2.75, 3.05) is 12.4 Å². The van der Waals surface area contributed by atoms with Crippen LogP contribution in [0, 0.1) is 0 Å². The molecule has 1 atom stereocenters. The van der Waals surface area contributed by atoms with Gasteiger partial charge in [-0.3, -0.25) is 4.79 Å². The van der Waals surface area contributed by atoms with Crippen molar-refractivity contribution in [2.24, 2.45) is 0 Å². The molecule has 0 bridgehead atoms. The van der Waals surface area contributed by atoms with Gasteiger partial charge in [0, 0.05) is 11.5 Å². The highest BCUT2D eigenvalue weighted by Crippen LogP contribution is 2.18. The molecule has 1 aromatic carbocycles. The molecular formula is C14H15BrN4O. The van der Waals surface area contributed by atoms with Crippen molar-refractivity contribution >= 4 is 27.7 Å². The number of hydrogen-bond acceptors (Lipinski definition) is 4. The highest BCUT2D eigenvalue weighted by atomic mass is 79.9. The van der Waals surface area contributed by atoms with Gasteiger partial charge in [-0.25, -0.2) is 9.97 Å². The van der Waals surface area contributed by atoms with Crippen LogP contribution in [0.4, 0.5) is 5.82 Å². The van der Waals surface area contributed by atoms with Crippen LogP contribution < -0.4 is 10.6 Å². The number of amides is 1. The fourth-order valence-electron chi connectivity index (χ4n) is 1.70. The SMILES string of the molecule is CNc1cnc(C(=O)NC(C)c2cccc(Br)c2)cn1. The molecule has 0 spiro atoms. The molecule has 1 heterocycles. The zero-order valence-corrected chi connectivity index (χ0v) is 12.8. The van der Waals surface area contributed by atoms with Gasteiger partial charge in [0.25, 0.3) is 5.91 Å². The molecule has 1 aromatic heterocycles. The molecule has 2 aromatic rings. The minimum atomic E-state index is -0.243. The second-order valence-electron chi connectivity index (χ2n) is 4.29. The van der Waals surface area contributed by atoms with E-state index in [2.05, 4.69) is 36.5 Å². The Morgan fingerprint density at radius 1 is 1.30 bits per heavy atom. The van der Waals surface area contributed by atoms with Crippen LogP contribution in [0.25, 0.3) is 0 Å². The van der Waals surface area contributed by atoms with Gasteiger partial charge in [0.15, 0.2) is 0 Å². The second kappa shape index (κ2) is 6.47. The van der Waals surface area contributed by atoms with Crippen LogP contribution in [0.2, 0.25) is 0 Å². The molecule has 1 unspecified atom stereocenters. The predicted octanol–water partition coefficient (Wildman–Crippen LogP) is 2.77. The van der Waals surface area contributed by atoms with Gasteiger partial charge in [-0.05, 0) is 24.6 Å². The van der Waals surface area contributed by atoms with E-state index in [1.807, 2.05) is 31.2 Å². The Morgan fingerprint density at radius 2 is 2.10 bits per heavy atom. The van der Waals surface area contributed by atoms with E-state index < -0.39 is 0 Å². The Kier molecular flexibility index (Phi) is 4.68. The van der Waals surface area contributed by atoms with Crippen LogP contribution in [-0.2, 0) is 0 Å². The second-order valence-corrected chi connectivity index (χ2v) is 5.20. The lowest BCUT2D eigenvalue weighted by Crippen LogP contribution is -2.27. The molecule has 20 heavy (non-hydrogen) atoms. The van der Waals surface area contributed by atoms with E-state index in [0.29, 0.717) is 11.5 Å². The smallest absolute Gasteiger partial charge is 0.271 e. The number of carbonyl (C=O) groups excluding carboxylic acids is 1. The van der Waals surface area contributed by atoms with Crippen LogP contribution in [0.15, 0.2) is 41.1 Å². The molecular weight excluding hydrogens is 320 g/mol. The molecule has 0 radical (unpaired) electrons. The molecule has 0 saturated carbocycles. The third kappa shape index (κ3) is 3.54. The Balaban J connectivity index is 2.06. The van der Waals surface area contributed by atoms with Gasteiger partial charge in [-0.2, -0.15) is 0 Å². The fourth-order valence-corrected chi connectivity index (χ4v) is 2.12. The van der Waals surface area contributed by atoms with Gasteiger partial charge in [0.2, 0.25) is 0 Å². The van der Waals surface area contributed by atoms with Crippen LogP contribution in [-0.4, -0.2) is 22.9 Å². The number of anilines is 1. The zero-order chi connectivity index (χ0) is 14.5. The molecule has 0 saturated heterocycles. The van der Waals surface area contributed by atoms with Gasteiger partial charge < -0.3 is 10.6 Å². The summed E-state index contributed by atoms with van der Waals surface area (Å²) in [6, 6.07) is 7.71. The Labute approximate surface area is 126 Å². The van der Waals surface area contributed by atoms with Gasteiger partial charge in [-0.15, -0.1) is 0 Å². The molecule has 0 aliphatic heterocycles. The molecule has 104 valence electrons. The average Bonchev–Trinajstić information content (AvgIpc) is 2.47. The Morgan fingerprint density at radius 3 is 2.70 bits per heavy atom. The lowest BCUT2D eigenvalue weighted by molar-refractivity contribution is 0.0934. The fraction of sp³-hybridized carbons (Fsp3) is 0.214. The van der Waals surface area contributed by atoms with E-state index in [4.69, 9.17) is 0 Å². The normalized spacial score (nSPS) is 11.8. The van der Waals surface area contributed by atoms with E-state index in [0.717, 1.165) is 10.0 Å². The minimum absolute atomic E-state index is 0.106. The number of nitrogens with one attached hydrogen (secondary N) is 2. The van der Waals surface area contributed by atoms with Crippen molar-refractivity contribution in [2.45, 2.75) is 13.0 Å². The van der Waals surface area contributed by atoms with Crippen LogP contribution in [0.1, 0.15) is 29.0 Å². The van der Waals surface area contributed by atoms with Gasteiger partial charge >= 0.3 is 0 Å². The maximum atomic E-state index is 12.1. The van der Waals surface area contributed by atoms with Gasteiger partial charge in [0.1, 0.15) is 11.5 Å². The van der Waals surface area contributed by atoms with Gasteiger partial charge in [0.05, 0.1) is 18.4 Å². The summed E-state index contributed by atoms with van der Waals surface area (Å²) >= 11 is 3.42. The lowest BCUT2D eigenvalue weighted by Gasteiger charge is -2.14. The van der Waals surface area contributed by atoms with E-state index in [9.17, 15) is 4.79 Å². The van der Waals surface area contributed by atoms with Gasteiger partial charge in [-0.1, -0.05) is 28.1 Å².